The van der Waals surface area contributed by atoms with E-state index in [-0.39, 0.29) is 17.6 Å². The first-order valence-electron chi connectivity index (χ1n) is 11.9. The quantitative estimate of drug-likeness (QED) is 0.299. The van der Waals surface area contributed by atoms with E-state index in [9.17, 15) is 18.0 Å². The molecule has 2 aromatic carbocycles. The molecule has 1 amide bonds. The molecule has 0 aliphatic carbocycles. The van der Waals surface area contributed by atoms with Gasteiger partial charge in [0.2, 0.25) is 0 Å². The van der Waals surface area contributed by atoms with Gasteiger partial charge in [0.05, 0.1) is 24.6 Å². The number of H-pyrrole nitrogens is 1. The maximum absolute atomic E-state index is 13.0. The number of nitrogens with one attached hydrogen (secondary N) is 2. The van der Waals surface area contributed by atoms with Crippen LogP contribution < -0.4 is 10.1 Å². The molecule has 0 bridgehead atoms. The number of ether oxygens (including phenoxy) is 2. The van der Waals surface area contributed by atoms with E-state index in [2.05, 4.69) is 32.0 Å². The molecule has 2 N–H and O–H groups in total. The Balaban J connectivity index is 1.48. The van der Waals surface area contributed by atoms with Crippen molar-refractivity contribution in [3.05, 3.63) is 64.9 Å². The van der Waals surface area contributed by atoms with Gasteiger partial charge in [0, 0.05) is 48.8 Å². The molecule has 1 fully saturated rings. The first kappa shape index (κ1) is 27.5. The van der Waals surface area contributed by atoms with Gasteiger partial charge in [-0.05, 0) is 55.3 Å². The molecule has 2 heterocycles. The average molecular weight is 547 g/mol. The second-order valence-corrected chi connectivity index (χ2v) is 9.15. The number of anilines is 1. The molecule has 3 aromatic rings. The fourth-order valence-corrected chi connectivity index (χ4v) is 4.12. The smallest absolute Gasteiger partial charge is 0.432 e. The van der Waals surface area contributed by atoms with Gasteiger partial charge in [-0.25, -0.2) is 4.98 Å². The van der Waals surface area contributed by atoms with Gasteiger partial charge in [-0.1, -0.05) is 17.5 Å². The zero-order valence-electron chi connectivity index (χ0n) is 20.6. The van der Waals surface area contributed by atoms with Crippen LogP contribution in [0.3, 0.4) is 0 Å². The van der Waals surface area contributed by atoms with Gasteiger partial charge in [-0.15, -0.1) is 0 Å². The minimum Gasteiger partial charge on any atom is -0.491 e. The number of hydrogen-bond donors (Lipinski definition) is 2. The first-order chi connectivity index (χ1) is 18.2. The lowest BCUT2D eigenvalue weighted by molar-refractivity contribution is -0.140. The summed E-state index contributed by atoms with van der Waals surface area (Å²) in [6, 6.07) is 11.4. The molecule has 1 aliphatic rings. The largest absolute Gasteiger partial charge is 0.491 e. The highest BCUT2D eigenvalue weighted by Gasteiger charge is 2.33. The maximum Gasteiger partial charge on any atom is 0.432 e. The number of rotatable bonds is 8. The molecule has 7 nitrogen and oxygen atoms in total. The summed E-state index contributed by atoms with van der Waals surface area (Å²) >= 11 is 5.87. The Kier molecular flexibility index (Phi) is 8.94. The van der Waals surface area contributed by atoms with Crippen LogP contribution in [-0.4, -0.2) is 60.2 Å². The van der Waals surface area contributed by atoms with E-state index in [1.54, 1.807) is 43.5 Å². The number of carbonyl (C=O) groups excluding carboxylic acids is 1. The number of halogens is 4. The third-order valence-corrected chi connectivity index (χ3v) is 6.24. The summed E-state index contributed by atoms with van der Waals surface area (Å²) < 4.78 is 50.4. The number of carbonyl (C=O) groups is 1. The van der Waals surface area contributed by atoms with Crippen LogP contribution in [0.25, 0.3) is 11.4 Å². The number of methoxy groups -OCH3 is 1. The van der Waals surface area contributed by atoms with Crippen molar-refractivity contribution < 1.29 is 27.4 Å². The van der Waals surface area contributed by atoms with E-state index >= 15 is 0 Å². The van der Waals surface area contributed by atoms with Crippen LogP contribution in [0.15, 0.2) is 48.7 Å². The highest BCUT2D eigenvalue weighted by atomic mass is 35.5. The fraction of sp³-hybridized carbons (Fsp3) is 0.333. The molecule has 1 aromatic heterocycles. The summed E-state index contributed by atoms with van der Waals surface area (Å²) in [4.78, 5) is 21.0. The van der Waals surface area contributed by atoms with Crippen molar-refractivity contribution in [2.45, 2.75) is 25.1 Å². The predicted octanol–water partition coefficient (Wildman–Crippen LogP) is 5.23. The van der Waals surface area contributed by atoms with E-state index in [1.165, 1.54) is 6.07 Å². The normalized spacial score (nSPS) is 15.7. The molecule has 11 heteroatoms. The number of likely N-dealkylation sites (tertiary alicyclic amines) is 1. The van der Waals surface area contributed by atoms with Gasteiger partial charge in [0.15, 0.2) is 0 Å². The number of amides is 1. The first-order valence-corrected chi connectivity index (χ1v) is 12.3. The Hall–Kier alpha value is -3.52. The van der Waals surface area contributed by atoms with Crippen molar-refractivity contribution >= 4 is 23.2 Å². The molecule has 0 spiro atoms. The number of hydrogen-bond acceptors (Lipinski definition) is 5. The van der Waals surface area contributed by atoms with Crippen molar-refractivity contribution in [1.29, 1.82) is 0 Å². The van der Waals surface area contributed by atoms with E-state index < -0.39 is 17.8 Å². The van der Waals surface area contributed by atoms with Gasteiger partial charge in [-0.2, -0.15) is 13.2 Å². The lowest BCUT2D eigenvalue weighted by atomic mass is 10.1. The monoisotopic (exact) mass is 546 g/mol. The molecule has 1 aliphatic heterocycles. The number of aromatic nitrogens is 2. The zero-order valence-corrected chi connectivity index (χ0v) is 21.3. The molecule has 200 valence electrons. The van der Waals surface area contributed by atoms with Crippen LogP contribution >= 0.6 is 11.6 Å². The minimum atomic E-state index is -4.55. The fourth-order valence-electron chi connectivity index (χ4n) is 3.99. The Morgan fingerprint density at radius 3 is 2.74 bits per heavy atom. The third kappa shape index (κ3) is 7.51. The number of aromatic amines is 1. The Morgan fingerprint density at radius 1 is 1.26 bits per heavy atom. The van der Waals surface area contributed by atoms with E-state index in [4.69, 9.17) is 21.1 Å². The summed E-state index contributed by atoms with van der Waals surface area (Å²) in [6.07, 6.45) is -1.84. The van der Waals surface area contributed by atoms with E-state index in [0.29, 0.717) is 28.5 Å². The summed E-state index contributed by atoms with van der Waals surface area (Å²) in [5.74, 6) is 5.02. The van der Waals surface area contributed by atoms with Gasteiger partial charge in [-0.3, -0.25) is 4.79 Å². The number of nitrogens with zero attached hydrogens (tertiary/aromatic N) is 2. The Bertz CT molecular complexity index is 1320. The Labute approximate surface area is 223 Å². The molecule has 0 saturated carbocycles. The van der Waals surface area contributed by atoms with Crippen molar-refractivity contribution in [3.8, 4) is 29.0 Å². The predicted molar refractivity (Wildman–Crippen MR) is 138 cm³/mol. The van der Waals surface area contributed by atoms with Crippen molar-refractivity contribution in [2.75, 3.05) is 38.7 Å². The van der Waals surface area contributed by atoms with Crippen LogP contribution in [0, 0.1) is 11.8 Å². The van der Waals surface area contributed by atoms with E-state index in [1.807, 2.05) is 0 Å². The van der Waals surface area contributed by atoms with Crippen LogP contribution in [0.1, 0.15) is 24.1 Å². The standard InChI is InChI=1S/C27H26ClF3N4O3/c1-37-21-11-13-35(17-21)12-2-14-38-23-9-6-19(26-32-16-24(34-26)27(29,30)31)15-22(23)33-25(36)10-5-18-3-7-20(28)8-4-18/h3-4,6-9,15-16,21H,2,11-14,17H2,1H3,(H,32,34)(H,33,36). The van der Waals surface area contributed by atoms with Crippen molar-refractivity contribution in [3.63, 3.8) is 0 Å². The SMILES string of the molecule is COC1CCN(CCCOc2ccc(-c3ncc(C(F)(F)F)[nH]3)cc2NC(=O)C#Cc2ccc(Cl)cc2)C1. The minimum absolute atomic E-state index is 0.00773. The highest BCUT2D eigenvalue weighted by Crippen LogP contribution is 2.33. The van der Waals surface area contributed by atoms with Crippen LogP contribution in [0.5, 0.6) is 5.75 Å². The average Bonchev–Trinajstić information content (AvgIpc) is 3.57. The maximum atomic E-state index is 13.0. The second kappa shape index (κ2) is 12.3. The molecule has 1 saturated heterocycles. The topological polar surface area (TPSA) is 79.5 Å². The number of imidazole rings is 1. The van der Waals surface area contributed by atoms with Crippen LogP contribution in [-0.2, 0) is 15.7 Å². The molecular weight excluding hydrogens is 521 g/mol. The molecule has 4 rings (SSSR count). The summed E-state index contributed by atoms with van der Waals surface area (Å²) in [5, 5.41) is 3.23. The number of benzene rings is 2. The second-order valence-electron chi connectivity index (χ2n) is 8.71. The zero-order chi connectivity index (χ0) is 27.1. The summed E-state index contributed by atoms with van der Waals surface area (Å²) in [7, 11) is 1.71. The third-order valence-electron chi connectivity index (χ3n) is 5.99. The summed E-state index contributed by atoms with van der Waals surface area (Å²) in [6.45, 7) is 3.05. The Morgan fingerprint density at radius 2 is 2.05 bits per heavy atom. The van der Waals surface area contributed by atoms with Gasteiger partial charge < -0.3 is 24.7 Å². The molecule has 0 radical (unpaired) electrons. The molecular formula is C27H26ClF3N4O3. The van der Waals surface area contributed by atoms with Gasteiger partial charge in [0.1, 0.15) is 17.3 Å². The number of alkyl halides is 3. The van der Waals surface area contributed by atoms with Crippen molar-refractivity contribution in [1.82, 2.24) is 14.9 Å². The van der Waals surface area contributed by atoms with Gasteiger partial charge in [0.25, 0.3) is 0 Å². The molecule has 1 unspecified atom stereocenters. The molecule has 38 heavy (non-hydrogen) atoms. The summed E-state index contributed by atoms with van der Waals surface area (Å²) in [5.41, 5.74) is 0.243. The van der Waals surface area contributed by atoms with Crippen LogP contribution in [0.2, 0.25) is 5.02 Å². The lowest BCUT2D eigenvalue weighted by Gasteiger charge is -2.17. The van der Waals surface area contributed by atoms with Crippen LogP contribution in [0.4, 0.5) is 18.9 Å². The molecule has 1 atom stereocenters. The highest BCUT2D eigenvalue weighted by molar-refractivity contribution is 6.30. The van der Waals surface area contributed by atoms with Gasteiger partial charge >= 0.3 is 12.1 Å². The van der Waals surface area contributed by atoms with Crippen molar-refractivity contribution in [2.24, 2.45) is 0 Å². The lowest BCUT2D eigenvalue weighted by Crippen LogP contribution is -2.25. The van der Waals surface area contributed by atoms with E-state index in [0.717, 1.165) is 38.7 Å².